The lowest BCUT2D eigenvalue weighted by Crippen LogP contribution is -2.42. The lowest BCUT2D eigenvalue weighted by molar-refractivity contribution is 0.0915. The molecular formula is C16H23N3OS. The zero-order chi connectivity index (χ0) is 15.8. The quantitative estimate of drug-likeness (QED) is 0.935. The lowest BCUT2D eigenvalue weighted by Gasteiger charge is -2.24. The van der Waals surface area contributed by atoms with Crippen LogP contribution in [-0.2, 0) is 6.42 Å². The summed E-state index contributed by atoms with van der Waals surface area (Å²) >= 11 is 1.46. The molecule has 0 atom stereocenters. The number of rotatable bonds is 4. The zero-order valence-electron chi connectivity index (χ0n) is 13.6. The average molecular weight is 305 g/mol. The summed E-state index contributed by atoms with van der Waals surface area (Å²) in [7, 11) is 0. The maximum atomic E-state index is 12.5. The average Bonchev–Trinajstić information content (AvgIpc) is 2.76. The highest BCUT2D eigenvalue weighted by atomic mass is 32.1. The summed E-state index contributed by atoms with van der Waals surface area (Å²) in [6.45, 7) is 12.1. The van der Waals surface area contributed by atoms with Crippen LogP contribution in [-0.4, -0.2) is 21.4 Å². The summed E-state index contributed by atoms with van der Waals surface area (Å²) in [5.74, 6) is 0.821. The second-order valence-electron chi connectivity index (χ2n) is 6.01. The van der Waals surface area contributed by atoms with Gasteiger partial charge >= 0.3 is 0 Å². The molecule has 0 radical (unpaired) electrons. The van der Waals surface area contributed by atoms with Crippen molar-refractivity contribution in [1.82, 2.24) is 15.3 Å². The molecule has 2 heterocycles. The molecule has 0 aromatic carbocycles. The summed E-state index contributed by atoms with van der Waals surface area (Å²) in [6.07, 6.45) is 1.69. The number of hydrogen-bond acceptors (Lipinski definition) is 4. The Hall–Kier alpha value is -1.49. The number of carbonyl (C=O) groups is 1. The highest BCUT2D eigenvalue weighted by molar-refractivity contribution is 7.20. The Balaban J connectivity index is 2.49. The predicted octanol–water partition coefficient (Wildman–Crippen LogP) is 3.79. The summed E-state index contributed by atoms with van der Waals surface area (Å²) in [6, 6.07) is 0. The lowest BCUT2D eigenvalue weighted by atomic mass is 10.0. The molecule has 4 nitrogen and oxygen atoms in total. The number of carbonyl (C=O) groups excluding carboxylic acids is 1. The van der Waals surface area contributed by atoms with Gasteiger partial charge in [-0.15, -0.1) is 11.3 Å². The van der Waals surface area contributed by atoms with Crippen LogP contribution in [0, 0.1) is 13.8 Å². The zero-order valence-corrected chi connectivity index (χ0v) is 14.4. The second-order valence-corrected chi connectivity index (χ2v) is 7.01. The molecule has 1 amide bonds. The van der Waals surface area contributed by atoms with E-state index in [1.165, 1.54) is 11.3 Å². The van der Waals surface area contributed by atoms with E-state index in [0.717, 1.165) is 45.0 Å². The van der Waals surface area contributed by atoms with Crippen molar-refractivity contribution in [2.45, 2.75) is 59.9 Å². The Bertz CT molecular complexity index is 688. The first kappa shape index (κ1) is 15.9. The van der Waals surface area contributed by atoms with Crippen molar-refractivity contribution in [2.75, 3.05) is 0 Å². The fourth-order valence-corrected chi connectivity index (χ4v) is 3.37. The highest BCUT2D eigenvalue weighted by Gasteiger charge is 2.23. The molecule has 0 aliphatic carbocycles. The minimum absolute atomic E-state index is 0.0141. The molecule has 2 aromatic rings. The van der Waals surface area contributed by atoms with E-state index in [1.54, 1.807) is 0 Å². The van der Waals surface area contributed by atoms with Gasteiger partial charge in [0.25, 0.3) is 5.91 Å². The van der Waals surface area contributed by atoms with Crippen LogP contribution in [0.1, 0.15) is 60.9 Å². The number of thiophene rings is 1. The minimum atomic E-state index is -0.199. The van der Waals surface area contributed by atoms with E-state index in [9.17, 15) is 4.79 Å². The third kappa shape index (κ3) is 3.07. The van der Waals surface area contributed by atoms with Gasteiger partial charge in [0, 0.05) is 23.0 Å². The van der Waals surface area contributed by atoms with Crippen molar-refractivity contribution in [3.05, 3.63) is 22.0 Å². The summed E-state index contributed by atoms with van der Waals surface area (Å²) < 4.78 is 0. The Morgan fingerprint density at radius 2 is 1.90 bits per heavy atom. The molecule has 0 aliphatic rings. The number of amides is 1. The fraction of sp³-hybridized carbons (Fsp3) is 0.562. The van der Waals surface area contributed by atoms with Gasteiger partial charge < -0.3 is 5.32 Å². The minimum Gasteiger partial charge on any atom is -0.346 e. The molecule has 114 valence electrons. The van der Waals surface area contributed by atoms with Crippen molar-refractivity contribution >= 4 is 27.5 Å². The van der Waals surface area contributed by atoms with E-state index in [1.807, 2.05) is 34.6 Å². The van der Waals surface area contributed by atoms with Gasteiger partial charge in [-0.25, -0.2) is 9.97 Å². The topological polar surface area (TPSA) is 54.9 Å². The van der Waals surface area contributed by atoms with Gasteiger partial charge in [-0.05, 0) is 39.7 Å². The highest BCUT2D eigenvalue weighted by Crippen LogP contribution is 2.31. The standard InChI is InChI=1S/C16H23N3OS/c1-7-11-17-10(4)12-9(3)13(21-15(12)18-11)14(20)19-16(5,6)8-2/h7-8H2,1-6H3,(H,19,20). The molecule has 0 aliphatic heterocycles. The molecule has 1 N–H and O–H groups in total. The second kappa shape index (κ2) is 5.72. The van der Waals surface area contributed by atoms with E-state index < -0.39 is 0 Å². The van der Waals surface area contributed by atoms with Gasteiger partial charge in [-0.2, -0.15) is 0 Å². The van der Waals surface area contributed by atoms with Crippen LogP contribution in [0.25, 0.3) is 10.2 Å². The maximum Gasteiger partial charge on any atom is 0.262 e. The van der Waals surface area contributed by atoms with Crippen molar-refractivity contribution < 1.29 is 4.79 Å². The Kier molecular flexibility index (Phi) is 4.33. The van der Waals surface area contributed by atoms with Crippen molar-refractivity contribution in [3.63, 3.8) is 0 Å². The smallest absolute Gasteiger partial charge is 0.262 e. The summed E-state index contributed by atoms with van der Waals surface area (Å²) in [5, 5.41) is 4.12. The van der Waals surface area contributed by atoms with Gasteiger partial charge in [0.05, 0.1) is 4.88 Å². The largest absolute Gasteiger partial charge is 0.346 e. The molecule has 0 bridgehead atoms. The third-order valence-electron chi connectivity index (χ3n) is 3.88. The number of aromatic nitrogens is 2. The van der Waals surface area contributed by atoms with Gasteiger partial charge in [-0.1, -0.05) is 13.8 Å². The van der Waals surface area contributed by atoms with E-state index in [-0.39, 0.29) is 11.4 Å². The summed E-state index contributed by atoms with van der Waals surface area (Å²) in [4.78, 5) is 23.3. The van der Waals surface area contributed by atoms with Gasteiger partial charge in [0.1, 0.15) is 10.7 Å². The molecule has 21 heavy (non-hydrogen) atoms. The SMILES string of the molecule is CCc1nc(C)c2c(C)c(C(=O)NC(C)(C)CC)sc2n1. The van der Waals surface area contributed by atoms with E-state index in [2.05, 4.69) is 22.2 Å². The number of aryl methyl sites for hydroxylation is 3. The molecule has 0 saturated heterocycles. The molecular weight excluding hydrogens is 282 g/mol. The van der Waals surface area contributed by atoms with Crippen LogP contribution < -0.4 is 5.32 Å². The van der Waals surface area contributed by atoms with Crippen molar-refractivity contribution in [1.29, 1.82) is 0 Å². The Labute approximate surface area is 130 Å². The first-order valence-corrected chi connectivity index (χ1v) is 8.19. The van der Waals surface area contributed by atoms with Crippen LogP contribution in [0.3, 0.4) is 0 Å². The number of hydrogen-bond donors (Lipinski definition) is 1. The maximum absolute atomic E-state index is 12.5. The summed E-state index contributed by atoms with van der Waals surface area (Å²) in [5.41, 5.74) is 1.74. The third-order valence-corrected chi connectivity index (χ3v) is 5.06. The van der Waals surface area contributed by atoms with E-state index in [0.29, 0.717) is 0 Å². The normalized spacial score (nSPS) is 11.9. The van der Waals surface area contributed by atoms with Gasteiger partial charge in [-0.3, -0.25) is 4.79 Å². The molecule has 5 heteroatoms. The molecule has 2 rings (SSSR count). The number of nitrogens with zero attached hydrogens (tertiary/aromatic N) is 2. The predicted molar refractivity (Wildman–Crippen MR) is 88.1 cm³/mol. The van der Waals surface area contributed by atoms with Crippen LogP contribution in [0.15, 0.2) is 0 Å². The van der Waals surface area contributed by atoms with Crippen LogP contribution in [0.4, 0.5) is 0 Å². The molecule has 0 spiro atoms. The van der Waals surface area contributed by atoms with Crippen LogP contribution >= 0.6 is 11.3 Å². The number of fused-ring (bicyclic) bond motifs is 1. The van der Waals surface area contributed by atoms with Crippen LogP contribution in [0.5, 0.6) is 0 Å². The first-order chi connectivity index (χ1) is 9.79. The van der Waals surface area contributed by atoms with Crippen molar-refractivity contribution in [3.8, 4) is 0 Å². The van der Waals surface area contributed by atoms with E-state index >= 15 is 0 Å². The van der Waals surface area contributed by atoms with Gasteiger partial charge in [0.15, 0.2) is 0 Å². The molecule has 0 saturated carbocycles. The first-order valence-electron chi connectivity index (χ1n) is 7.38. The van der Waals surface area contributed by atoms with Gasteiger partial charge in [0.2, 0.25) is 0 Å². The van der Waals surface area contributed by atoms with E-state index in [4.69, 9.17) is 0 Å². The number of nitrogens with one attached hydrogen (secondary N) is 1. The van der Waals surface area contributed by atoms with Crippen molar-refractivity contribution in [2.24, 2.45) is 0 Å². The molecule has 0 fully saturated rings. The fourth-order valence-electron chi connectivity index (χ4n) is 2.22. The Morgan fingerprint density at radius 1 is 1.24 bits per heavy atom. The van der Waals surface area contributed by atoms with Crippen LogP contribution in [0.2, 0.25) is 0 Å². The molecule has 2 aromatic heterocycles. The Morgan fingerprint density at radius 3 is 2.48 bits per heavy atom. The monoisotopic (exact) mass is 305 g/mol. The molecule has 0 unspecified atom stereocenters.